The number of rotatable bonds is 15. The van der Waals surface area contributed by atoms with E-state index in [0.29, 0.717) is 0 Å². The molecule has 6 unspecified atom stereocenters. The minimum Gasteiger partial charge on any atom is -0.508 e. The Morgan fingerprint density at radius 1 is 0.945 bits per heavy atom. The topological polar surface area (TPSA) is 281 Å². The van der Waals surface area contributed by atoms with Gasteiger partial charge < -0.3 is 50.6 Å². The molecule has 1 aromatic rings. The lowest BCUT2D eigenvalue weighted by Gasteiger charge is -2.53. The Morgan fingerprint density at radius 2 is 1.47 bits per heavy atom. The highest BCUT2D eigenvalue weighted by molar-refractivity contribution is 6.24. The van der Waals surface area contributed by atoms with Crippen molar-refractivity contribution in [1.82, 2.24) is 4.90 Å². The molecular formula is C38H44N2O15. The van der Waals surface area contributed by atoms with Crippen molar-refractivity contribution in [2.75, 3.05) is 33.9 Å². The molecule has 296 valence electrons. The van der Waals surface area contributed by atoms with Crippen LogP contribution in [0.3, 0.4) is 0 Å². The van der Waals surface area contributed by atoms with Gasteiger partial charge in [0.2, 0.25) is 5.78 Å². The van der Waals surface area contributed by atoms with E-state index in [0.717, 1.165) is 0 Å². The third-order valence-electron chi connectivity index (χ3n) is 9.87. The molecule has 0 bridgehead atoms. The summed E-state index contributed by atoms with van der Waals surface area (Å²) in [5, 5.41) is 68.5. The number of amides is 1. The summed E-state index contributed by atoms with van der Waals surface area (Å²) in [6, 6.07) is 1.45. The summed E-state index contributed by atoms with van der Waals surface area (Å²) in [5.74, 6) is -12.6. The number of aromatic hydroxyl groups is 1. The molecule has 0 heterocycles. The predicted molar refractivity (Wildman–Crippen MR) is 191 cm³/mol. The van der Waals surface area contributed by atoms with Crippen LogP contribution in [0.15, 0.2) is 60.4 Å². The molecule has 1 saturated carbocycles. The molecule has 1 fully saturated rings. The summed E-state index contributed by atoms with van der Waals surface area (Å²) in [6.07, 6.45) is 2.60. The first-order valence-corrected chi connectivity index (χ1v) is 17.0. The number of esters is 3. The first kappa shape index (κ1) is 42.1. The van der Waals surface area contributed by atoms with Gasteiger partial charge in [0.1, 0.15) is 42.7 Å². The molecule has 3 aliphatic carbocycles. The quantitative estimate of drug-likeness (QED) is 0.0551. The van der Waals surface area contributed by atoms with E-state index in [9.17, 15) is 59.4 Å². The molecule has 0 spiro atoms. The molecule has 0 aliphatic heterocycles. The Hall–Kier alpha value is -5.62. The number of carbonyl (C=O) groups is 6. The standard InChI is InChI=1S/C38H44N2O15/c1-6-9-21(41)53-15-37(51,16-54-22(42)10-7-2)17-55-23(43)12-8-11-19-13-14-20-18(3)24-26(31(45)25(20)30(19)44)34(48)38(52)28(32(24)46)29(40(4)5)33(47)27(35(38)49)36(39)50/h6-8,11,13-14,18,24,28-29,32,44-46,49,51-52H,1-2,9-10,12,15-17H2,3-5H3,(H2,39,50)/b11-8+. The molecule has 1 aromatic carbocycles. The van der Waals surface area contributed by atoms with Crippen LogP contribution in [0.4, 0.5) is 0 Å². The number of benzene rings is 1. The van der Waals surface area contributed by atoms with Crippen molar-refractivity contribution in [1.29, 1.82) is 0 Å². The number of ether oxygens (including phenoxy) is 3. The van der Waals surface area contributed by atoms with Gasteiger partial charge in [-0.15, -0.1) is 13.2 Å². The van der Waals surface area contributed by atoms with Gasteiger partial charge in [-0.1, -0.05) is 43.4 Å². The number of hydrogen-bond acceptors (Lipinski definition) is 16. The van der Waals surface area contributed by atoms with Crippen LogP contribution in [0.1, 0.15) is 48.8 Å². The van der Waals surface area contributed by atoms with Crippen LogP contribution in [0.2, 0.25) is 0 Å². The van der Waals surface area contributed by atoms with Crippen molar-refractivity contribution < 1.29 is 73.6 Å². The number of carbonyl (C=O) groups excluding carboxylic acids is 6. The molecule has 17 nitrogen and oxygen atoms in total. The van der Waals surface area contributed by atoms with Crippen LogP contribution >= 0.6 is 0 Å². The van der Waals surface area contributed by atoms with Crippen LogP contribution < -0.4 is 5.73 Å². The molecule has 3 aliphatic rings. The predicted octanol–water partition coefficient (Wildman–Crippen LogP) is 0.412. The fraction of sp³-hybridized carbons (Fsp3) is 0.421. The van der Waals surface area contributed by atoms with E-state index >= 15 is 0 Å². The third-order valence-corrected chi connectivity index (χ3v) is 9.87. The highest BCUT2D eigenvalue weighted by Gasteiger charge is 2.68. The van der Waals surface area contributed by atoms with Gasteiger partial charge >= 0.3 is 17.9 Å². The van der Waals surface area contributed by atoms with E-state index < -0.39 is 131 Å². The third kappa shape index (κ3) is 7.82. The molecule has 6 atom stereocenters. The van der Waals surface area contributed by atoms with E-state index in [1.54, 1.807) is 6.92 Å². The normalized spacial score (nSPS) is 24.9. The number of primary amides is 1. The van der Waals surface area contributed by atoms with Gasteiger partial charge in [0.25, 0.3) is 5.91 Å². The number of nitrogens with zero attached hydrogens (tertiary/aromatic N) is 1. The largest absolute Gasteiger partial charge is 0.508 e. The van der Waals surface area contributed by atoms with Gasteiger partial charge in [0, 0.05) is 17.1 Å². The molecule has 0 saturated heterocycles. The summed E-state index contributed by atoms with van der Waals surface area (Å²) in [4.78, 5) is 77.3. The summed E-state index contributed by atoms with van der Waals surface area (Å²) >= 11 is 0. The fourth-order valence-electron chi connectivity index (χ4n) is 7.23. The zero-order valence-corrected chi connectivity index (χ0v) is 30.4. The monoisotopic (exact) mass is 768 g/mol. The first-order valence-electron chi connectivity index (χ1n) is 17.0. The maximum atomic E-state index is 14.2. The molecule has 0 radical (unpaired) electrons. The number of aliphatic hydroxyl groups excluding tert-OH is 3. The number of ketones is 2. The minimum atomic E-state index is -3.07. The Kier molecular flexibility index (Phi) is 12.6. The van der Waals surface area contributed by atoms with Crippen molar-refractivity contribution in [3.8, 4) is 5.75 Å². The minimum absolute atomic E-state index is 0.0409. The van der Waals surface area contributed by atoms with Crippen LogP contribution in [-0.4, -0.2) is 128 Å². The van der Waals surface area contributed by atoms with Gasteiger partial charge in [-0.3, -0.25) is 33.7 Å². The molecule has 17 heteroatoms. The number of phenols is 1. The number of nitrogens with two attached hydrogens (primary N) is 1. The number of likely N-dealkylation sites (N-methyl/N-ethyl adjacent to an activating group) is 1. The maximum absolute atomic E-state index is 14.2. The molecule has 55 heavy (non-hydrogen) atoms. The van der Waals surface area contributed by atoms with Gasteiger partial charge in [-0.2, -0.15) is 0 Å². The van der Waals surface area contributed by atoms with E-state index in [2.05, 4.69) is 13.2 Å². The van der Waals surface area contributed by atoms with E-state index in [1.165, 1.54) is 55.4 Å². The van der Waals surface area contributed by atoms with Gasteiger partial charge in [-0.25, -0.2) is 0 Å². The Bertz CT molecular complexity index is 1880. The lowest BCUT2D eigenvalue weighted by Crippen LogP contribution is -2.70. The Morgan fingerprint density at radius 3 is 1.96 bits per heavy atom. The summed E-state index contributed by atoms with van der Waals surface area (Å²) in [6.45, 7) is 6.31. The molecule has 0 aromatic heterocycles. The number of fused-ring (bicyclic) bond motifs is 3. The zero-order chi connectivity index (χ0) is 41.2. The second-order valence-corrected chi connectivity index (χ2v) is 13.8. The van der Waals surface area contributed by atoms with Crippen molar-refractivity contribution in [2.45, 2.75) is 55.5 Å². The van der Waals surface area contributed by atoms with Crippen LogP contribution in [0.25, 0.3) is 11.8 Å². The average Bonchev–Trinajstić information content (AvgIpc) is 3.11. The number of aliphatic hydroxyl groups is 5. The van der Waals surface area contributed by atoms with E-state index in [-0.39, 0.29) is 29.5 Å². The van der Waals surface area contributed by atoms with Gasteiger partial charge in [-0.05, 0) is 25.6 Å². The van der Waals surface area contributed by atoms with Crippen molar-refractivity contribution >= 4 is 47.2 Å². The number of hydrogen-bond donors (Lipinski definition) is 7. The van der Waals surface area contributed by atoms with Gasteiger partial charge in [0.05, 0.1) is 42.9 Å². The zero-order valence-electron chi connectivity index (χ0n) is 30.4. The molecular weight excluding hydrogens is 724 g/mol. The van der Waals surface area contributed by atoms with Crippen molar-refractivity contribution in [2.24, 2.45) is 17.6 Å². The molecule has 1 amide bonds. The van der Waals surface area contributed by atoms with Crippen LogP contribution in [0.5, 0.6) is 5.75 Å². The van der Waals surface area contributed by atoms with E-state index in [4.69, 9.17) is 19.9 Å². The highest BCUT2D eigenvalue weighted by atomic mass is 16.6. The summed E-state index contributed by atoms with van der Waals surface area (Å²) in [5.41, 5.74) is -1.34. The first-order chi connectivity index (χ1) is 25.8. The Balaban J connectivity index is 1.61. The van der Waals surface area contributed by atoms with Gasteiger partial charge in [0.15, 0.2) is 17.0 Å². The maximum Gasteiger partial charge on any atom is 0.309 e. The number of Topliss-reactive ketones (excluding diaryl/α,β-unsaturated/α-hetero) is 2. The second kappa shape index (κ2) is 16.4. The molecule has 8 N–H and O–H groups in total. The van der Waals surface area contributed by atoms with E-state index in [1.807, 2.05) is 0 Å². The van der Waals surface area contributed by atoms with Crippen molar-refractivity contribution in [3.63, 3.8) is 0 Å². The Labute approximate surface area is 315 Å². The smallest absolute Gasteiger partial charge is 0.309 e. The highest BCUT2D eigenvalue weighted by Crippen LogP contribution is 2.56. The molecule has 4 rings (SSSR count). The summed E-state index contributed by atoms with van der Waals surface area (Å²) < 4.78 is 15.1. The lowest BCUT2D eigenvalue weighted by atomic mass is 9.54. The van der Waals surface area contributed by atoms with Crippen LogP contribution in [0, 0.1) is 11.8 Å². The number of phenolic OH excluding ortho intramolecular Hbond substituents is 1. The van der Waals surface area contributed by atoms with Crippen LogP contribution in [-0.2, 0) is 43.0 Å². The second-order valence-electron chi connectivity index (χ2n) is 13.8. The fourth-order valence-corrected chi connectivity index (χ4v) is 7.23. The van der Waals surface area contributed by atoms with Crippen molar-refractivity contribution in [3.05, 3.63) is 77.1 Å². The SMILES string of the molecule is C=CCC(=O)OCC(O)(COC(=O)CC=C)COC(=O)C/C=C/c1ccc2c(c1O)C(O)=C1C(=O)C3(O)C(O)=C(C(N)=O)C(=O)C(N(C)C)C3C(O)C1C2C. The summed E-state index contributed by atoms with van der Waals surface area (Å²) in [7, 11) is 2.82. The lowest BCUT2D eigenvalue weighted by molar-refractivity contribution is -0.174. The average molecular weight is 769 g/mol.